The molecule has 0 saturated carbocycles. The minimum absolute atomic E-state index is 0.0841. The van der Waals surface area contributed by atoms with E-state index in [0.717, 1.165) is 16.3 Å². The summed E-state index contributed by atoms with van der Waals surface area (Å²) >= 11 is 0. The van der Waals surface area contributed by atoms with E-state index in [9.17, 15) is 14.4 Å². The monoisotopic (exact) mass is 354 g/mol. The predicted molar refractivity (Wildman–Crippen MR) is 96.6 cm³/mol. The Hall–Kier alpha value is -2.73. The highest BCUT2D eigenvalue weighted by atomic mass is 16.5. The van der Waals surface area contributed by atoms with Crippen LogP contribution in [0.5, 0.6) is 0 Å². The van der Waals surface area contributed by atoms with Crippen molar-refractivity contribution in [2.45, 2.75) is 26.8 Å². The Morgan fingerprint density at radius 2 is 1.69 bits per heavy atom. The molecule has 0 bridgehead atoms. The number of Topliss-reactive ketones (excluding diaryl/α,β-unsaturated/α-hetero) is 1. The molecule has 6 nitrogen and oxygen atoms in total. The van der Waals surface area contributed by atoms with Crippen molar-refractivity contribution in [3.63, 3.8) is 0 Å². The third-order valence-corrected chi connectivity index (χ3v) is 4.81. The number of carbonyl (C=O) groups is 3. The molecule has 26 heavy (non-hydrogen) atoms. The number of amides is 2. The molecule has 6 heteroatoms. The van der Waals surface area contributed by atoms with Crippen LogP contribution in [-0.2, 0) is 4.74 Å². The van der Waals surface area contributed by atoms with E-state index in [0.29, 0.717) is 23.3 Å². The fraction of sp³-hybridized carbons (Fsp3) is 0.350. The Balaban J connectivity index is 1.85. The van der Waals surface area contributed by atoms with E-state index in [-0.39, 0.29) is 18.4 Å². The van der Waals surface area contributed by atoms with Gasteiger partial charge in [0.2, 0.25) is 0 Å². The fourth-order valence-corrected chi connectivity index (χ4v) is 3.66. The Bertz CT molecular complexity index is 862. The summed E-state index contributed by atoms with van der Waals surface area (Å²) in [4.78, 5) is 38.8. The molecule has 1 atom stereocenters. The molecule has 0 fully saturated rings. The Kier molecular flexibility index (Phi) is 4.78. The van der Waals surface area contributed by atoms with E-state index in [1.165, 1.54) is 0 Å². The predicted octanol–water partition coefficient (Wildman–Crippen LogP) is 2.79. The van der Waals surface area contributed by atoms with Gasteiger partial charge in [0.05, 0.1) is 30.3 Å². The SMILES string of the molecule is COC[C@@H](C)n1c(C)cc(C(=O)CN2C(=O)c3ccccc3C2=O)c1C. The highest BCUT2D eigenvalue weighted by Gasteiger charge is 2.36. The number of ketones is 1. The van der Waals surface area contributed by atoms with Crippen molar-refractivity contribution in [3.8, 4) is 0 Å². The number of aromatic nitrogens is 1. The lowest BCUT2D eigenvalue weighted by Gasteiger charge is -2.18. The van der Waals surface area contributed by atoms with Gasteiger partial charge >= 0.3 is 0 Å². The first kappa shape index (κ1) is 18.1. The molecule has 2 heterocycles. The molecule has 1 aliphatic rings. The van der Waals surface area contributed by atoms with E-state index in [2.05, 4.69) is 0 Å². The molecular formula is C20H22N2O4. The molecule has 2 amide bonds. The molecule has 2 aromatic rings. The van der Waals surface area contributed by atoms with Crippen LogP contribution in [0.3, 0.4) is 0 Å². The summed E-state index contributed by atoms with van der Waals surface area (Å²) in [6.07, 6.45) is 0. The lowest BCUT2D eigenvalue weighted by molar-refractivity contribution is 0.0624. The van der Waals surface area contributed by atoms with Gasteiger partial charge in [0.1, 0.15) is 0 Å². The number of carbonyl (C=O) groups excluding carboxylic acids is 3. The van der Waals surface area contributed by atoms with Crippen LogP contribution in [0.1, 0.15) is 55.4 Å². The maximum Gasteiger partial charge on any atom is 0.261 e. The standard InChI is InChI=1S/C20H22N2O4/c1-12-9-17(14(3)22(12)13(2)11-26-4)18(23)10-21-19(24)15-7-5-6-8-16(15)20(21)25/h5-9,13H,10-11H2,1-4H3/t13-/m1/s1. The molecule has 1 aromatic heterocycles. The van der Waals surface area contributed by atoms with Gasteiger partial charge in [-0.3, -0.25) is 19.3 Å². The Labute approximate surface area is 152 Å². The zero-order valence-electron chi connectivity index (χ0n) is 15.4. The van der Waals surface area contributed by atoms with Gasteiger partial charge in [0.25, 0.3) is 11.8 Å². The lowest BCUT2D eigenvalue weighted by Crippen LogP contribution is -2.35. The number of aryl methyl sites for hydroxylation is 1. The largest absolute Gasteiger partial charge is 0.383 e. The van der Waals surface area contributed by atoms with Crippen LogP contribution < -0.4 is 0 Å². The smallest absolute Gasteiger partial charge is 0.261 e. The summed E-state index contributed by atoms with van der Waals surface area (Å²) in [6, 6.07) is 8.53. The van der Waals surface area contributed by atoms with Crippen LogP contribution in [0.2, 0.25) is 0 Å². The number of imide groups is 1. The van der Waals surface area contributed by atoms with Gasteiger partial charge in [-0.25, -0.2) is 0 Å². The van der Waals surface area contributed by atoms with Gasteiger partial charge in [-0.15, -0.1) is 0 Å². The summed E-state index contributed by atoms with van der Waals surface area (Å²) in [5.74, 6) is -1.08. The summed E-state index contributed by atoms with van der Waals surface area (Å²) in [6.45, 7) is 6.09. The van der Waals surface area contributed by atoms with Crippen LogP contribution in [-0.4, -0.2) is 47.3 Å². The number of nitrogens with zero attached hydrogens (tertiary/aromatic N) is 2. The highest BCUT2D eigenvalue weighted by molar-refractivity contribution is 6.23. The van der Waals surface area contributed by atoms with E-state index < -0.39 is 11.8 Å². The van der Waals surface area contributed by atoms with Crippen molar-refractivity contribution in [2.75, 3.05) is 20.3 Å². The second-order valence-electron chi connectivity index (χ2n) is 6.62. The number of ether oxygens (including phenoxy) is 1. The second kappa shape index (κ2) is 6.88. The minimum Gasteiger partial charge on any atom is -0.383 e. The summed E-state index contributed by atoms with van der Waals surface area (Å²) in [5, 5.41) is 0. The first-order valence-electron chi connectivity index (χ1n) is 8.52. The van der Waals surface area contributed by atoms with Gasteiger partial charge in [0.15, 0.2) is 5.78 Å². The minimum atomic E-state index is -0.416. The topological polar surface area (TPSA) is 68.6 Å². The van der Waals surface area contributed by atoms with Crippen molar-refractivity contribution >= 4 is 17.6 Å². The van der Waals surface area contributed by atoms with Crippen LogP contribution in [0.4, 0.5) is 0 Å². The number of hydrogen-bond acceptors (Lipinski definition) is 4. The number of benzene rings is 1. The third kappa shape index (κ3) is 2.86. The van der Waals surface area contributed by atoms with E-state index in [4.69, 9.17) is 4.74 Å². The molecule has 0 saturated heterocycles. The molecule has 136 valence electrons. The Morgan fingerprint density at radius 3 is 2.23 bits per heavy atom. The molecule has 0 radical (unpaired) electrons. The highest BCUT2D eigenvalue weighted by Crippen LogP contribution is 2.25. The van der Waals surface area contributed by atoms with Crippen molar-refractivity contribution in [1.29, 1.82) is 0 Å². The average Bonchev–Trinajstić information content (AvgIpc) is 3.04. The summed E-state index contributed by atoms with van der Waals surface area (Å²) in [5.41, 5.74) is 2.99. The molecule has 1 aliphatic heterocycles. The first-order chi connectivity index (χ1) is 12.4. The zero-order valence-corrected chi connectivity index (χ0v) is 15.4. The molecule has 0 unspecified atom stereocenters. The molecule has 0 spiro atoms. The number of fused-ring (bicyclic) bond motifs is 1. The number of hydrogen-bond donors (Lipinski definition) is 0. The average molecular weight is 354 g/mol. The first-order valence-corrected chi connectivity index (χ1v) is 8.52. The number of rotatable bonds is 6. The van der Waals surface area contributed by atoms with Gasteiger partial charge in [-0.05, 0) is 39.0 Å². The quantitative estimate of drug-likeness (QED) is 0.591. The van der Waals surface area contributed by atoms with Crippen molar-refractivity contribution in [2.24, 2.45) is 0 Å². The second-order valence-corrected chi connectivity index (χ2v) is 6.62. The maximum absolute atomic E-state index is 12.8. The van der Waals surface area contributed by atoms with Gasteiger partial charge in [-0.2, -0.15) is 0 Å². The lowest BCUT2D eigenvalue weighted by atomic mass is 10.1. The number of methoxy groups -OCH3 is 1. The van der Waals surface area contributed by atoms with E-state index >= 15 is 0 Å². The van der Waals surface area contributed by atoms with E-state index in [1.807, 2.05) is 31.4 Å². The van der Waals surface area contributed by atoms with Crippen LogP contribution in [0, 0.1) is 13.8 Å². The van der Waals surface area contributed by atoms with Gasteiger partial charge in [0, 0.05) is 24.1 Å². The summed E-state index contributed by atoms with van der Waals surface area (Å²) in [7, 11) is 1.64. The fourth-order valence-electron chi connectivity index (χ4n) is 3.66. The molecule has 0 aliphatic carbocycles. The van der Waals surface area contributed by atoms with Crippen molar-refractivity contribution < 1.29 is 19.1 Å². The molecular weight excluding hydrogens is 332 g/mol. The van der Waals surface area contributed by atoms with Gasteiger partial charge in [-0.1, -0.05) is 12.1 Å². The van der Waals surface area contributed by atoms with Crippen LogP contribution in [0.25, 0.3) is 0 Å². The molecule has 1 aromatic carbocycles. The Morgan fingerprint density at radius 1 is 1.12 bits per heavy atom. The van der Waals surface area contributed by atoms with Crippen LogP contribution in [0.15, 0.2) is 30.3 Å². The van der Waals surface area contributed by atoms with E-state index in [1.54, 1.807) is 31.4 Å². The zero-order chi connectivity index (χ0) is 19.0. The van der Waals surface area contributed by atoms with Crippen molar-refractivity contribution in [3.05, 3.63) is 58.4 Å². The summed E-state index contributed by atoms with van der Waals surface area (Å²) < 4.78 is 7.25. The van der Waals surface area contributed by atoms with Gasteiger partial charge < -0.3 is 9.30 Å². The van der Waals surface area contributed by atoms with Crippen LogP contribution >= 0.6 is 0 Å². The normalized spacial score (nSPS) is 14.7. The maximum atomic E-state index is 12.8. The molecule has 0 N–H and O–H groups in total. The third-order valence-electron chi connectivity index (χ3n) is 4.81. The molecule has 3 rings (SSSR count). The van der Waals surface area contributed by atoms with Crippen molar-refractivity contribution in [1.82, 2.24) is 9.47 Å².